The topological polar surface area (TPSA) is 52.9 Å². The van der Waals surface area contributed by atoms with Crippen LogP contribution < -0.4 is 5.46 Å². The first-order valence-corrected chi connectivity index (χ1v) is 11.1. The molecule has 0 saturated carbocycles. The highest BCUT2D eigenvalue weighted by atomic mass is 16.5. The van der Waals surface area contributed by atoms with Gasteiger partial charge in [-0.3, -0.25) is 0 Å². The summed E-state index contributed by atoms with van der Waals surface area (Å²) >= 11 is 0. The Kier molecular flexibility index (Phi) is 8.37. The van der Waals surface area contributed by atoms with Gasteiger partial charge < -0.3 is 19.8 Å². The number of β-amino-alcohol motifs (C(OH)–C–C–N with tert-alkyl or cyclic N) is 1. The van der Waals surface area contributed by atoms with E-state index in [1.54, 1.807) is 7.48 Å². The molecule has 1 aliphatic heterocycles. The molecule has 1 saturated heterocycles. The largest absolute Gasteiger partial charge is 0.427 e. The second-order valence-electron chi connectivity index (χ2n) is 10.6. The molecule has 0 aliphatic carbocycles. The average Bonchev–Trinajstić information content (AvgIpc) is 2.66. The Hall–Kier alpha value is -0.875. The molecule has 2 N–H and O–H groups in total. The van der Waals surface area contributed by atoms with Crippen LogP contribution in [0.3, 0.4) is 0 Å². The first-order chi connectivity index (χ1) is 13.4. The summed E-state index contributed by atoms with van der Waals surface area (Å²) in [7, 11) is 1.78. The Morgan fingerprint density at radius 3 is 2.10 bits per heavy atom. The van der Waals surface area contributed by atoms with Crippen LogP contribution in [0.2, 0.25) is 0 Å². The Morgan fingerprint density at radius 2 is 1.59 bits per heavy atom. The predicted octanol–water partition coefficient (Wildman–Crippen LogP) is 3.48. The summed E-state index contributed by atoms with van der Waals surface area (Å²) in [5.74, 6) is 0.592. The van der Waals surface area contributed by atoms with Gasteiger partial charge in [-0.25, -0.2) is 0 Å². The summed E-state index contributed by atoms with van der Waals surface area (Å²) in [5, 5.41) is 20.1. The lowest BCUT2D eigenvalue weighted by Crippen LogP contribution is -2.51. The second-order valence-corrected chi connectivity index (χ2v) is 10.6. The van der Waals surface area contributed by atoms with Crippen LogP contribution >= 0.6 is 0 Å². The number of hydrogen-bond acceptors (Lipinski definition) is 4. The SMILES string of the molecule is CC(C)(C)CCC(C)(O)C(C)(C)O[B]c1ccc(C2CCN(CCO)CC2)cc1. The number of likely N-dealkylation sites (tertiary alicyclic amines) is 1. The van der Waals surface area contributed by atoms with Crippen LogP contribution in [-0.2, 0) is 4.65 Å². The molecule has 1 aromatic rings. The average molecular weight is 402 g/mol. The normalized spacial score (nSPS) is 19.2. The lowest BCUT2D eigenvalue weighted by atomic mass is 9.76. The van der Waals surface area contributed by atoms with Gasteiger partial charge in [-0.05, 0) is 76.4 Å². The third-order valence-electron chi connectivity index (χ3n) is 6.56. The molecule has 4 nitrogen and oxygen atoms in total. The van der Waals surface area contributed by atoms with E-state index in [1.807, 2.05) is 20.8 Å². The first kappa shape index (κ1) is 24.4. The van der Waals surface area contributed by atoms with Crippen LogP contribution in [-0.4, -0.2) is 60.0 Å². The fourth-order valence-corrected chi connectivity index (χ4v) is 3.74. The summed E-state index contributed by atoms with van der Waals surface area (Å²) in [6.07, 6.45) is 3.93. The van der Waals surface area contributed by atoms with Crippen LogP contribution in [0, 0.1) is 5.41 Å². The van der Waals surface area contributed by atoms with Gasteiger partial charge in [0.25, 0.3) is 0 Å². The molecular formula is C24H41BNO3. The summed E-state index contributed by atoms with van der Waals surface area (Å²) in [6, 6.07) is 8.61. The molecule has 0 bridgehead atoms. The van der Waals surface area contributed by atoms with Gasteiger partial charge in [0.2, 0.25) is 0 Å². The Labute approximate surface area is 178 Å². The minimum absolute atomic E-state index is 0.188. The highest BCUT2D eigenvalue weighted by molar-refractivity contribution is 6.47. The Bertz CT molecular complexity index is 614. The number of benzene rings is 1. The number of hydrogen-bond donors (Lipinski definition) is 2. The van der Waals surface area contributed by atoms with Gasteiger partial charge in [0.05, 0.1) is 17.8 Å². The van der Waals surface area contributed by atoms with Gasteiger partial charge >= 0.3 is 7.48 Å². The van der Waals surface area contributed by atoms with Crippen molar-refractivity contribution in [3.63, 3.8) is 0 Å². The van der Waals surface area contributed by atoms with E-state index >= 15 is 0 Å². The first-order valence-electron chi connectivity index (χ1n) is 11.1. The molecule has 5 heteroatoms. The Morgan fingerprint density at radius 1 is 1.00 bits per heavy atom. The van der Waals surface area contributed by atoms with Crippen molar-refractivity contribution in [2.24, 2.45) is 5.41 Å². The van der Waals surface area contributed by atoms with Crippen LogP contribution in [0.15, 0.2) is 24.3 Å². The van der Waals surface area contributed by atoms with Crippen molar-refractivity contribution in [3.05, 3.63) is 29.8 Å². The molecule has 163 valence electrons. The van der Waals surface area contributed by atoms with E-state index in [-0.39, 0.29) is 12.0 Å². The molecule has 0 aromatic heterocycles. The third-order valence-corrected chi connectivity index (χ3v) is 6.56. The lowest BCUT2D eigenvalue weighted by Gasteiger charge is -2.41. The quantitative estimate of drug-likeness (QED) is 0.621. The fraction of sp³-hybridized carbons (Fsp3) is 0.750. The van der Waals surface area contributed by atoms with Crippen LogP contribution in [0.1, 0.15) is 78.7 Å². The highest BCUT2D eigenvalue weighted by Gasteiger charge is 2.40. The molecule has 1 fully saturated rings. The maximum absolute atomic E-state index is 11.0. The summed E-state index contributed by atoms with van der Waals surface area (Å²) in [6.45, 7) is 15.5. The van der Waals surface area contributed by atoms with Crippen molar-refractivity contribution in [3.8, 4) is 0 Å². The molecule has 1 heterocycles. The minimum atomic E-state index is -0.904. The highest BCUT2D eigenvalue weighted by Crippen LogP contribution is 2.34. The van der Waals surface area contributed by atoms with Gasteiger partial charge in [-0.15, -0.1) is 0 Å². The molecule has 2 rings (SSSR count). The second kappa shape index (κ2) is 9.95. The van der Waals surface area contributed by atoms with E-state index in [9.17, 15) is 5.11 Å². The van der Waals surface area contributed by atoms with Gasteiger partial charge in [-0.1, -0.05) is 50.5 Å². The third kappa shape index (κ3) is 7.39. The molecule has 1 aliphatic rings. The van der Waals surface area contributed by atoms with Crippen molar-refractivity contribution >= 4 is 12.9 Å². The number of rotatable bonds is 9. The molecule has 1 unspecified atom stereocenters. The van der Waals surface area contributed by atoms with E-state index in [0.717, 1.165) is 44.4 Å². The zero-order chi connectivity index (χ0) is 21.7. The number of piperidine rings is 1. The van der Waals surface area contributed by atoms with E-state index in [1.165, 1.54) is 5.56 Å². The van der Waals surface area contributed by atoms with Crippen LogP contribution in [0.4, 0.5) is 0 Å². The summed E-state index contributed by atoms with van der Waals surface area (Å²) in [4.78, 5) is 2.33. The van der Waals surface area contributed by atoms with E-state index < -0.39 is 11.2 Å². The molecule has 29 heavy (non-hydrogen) atoms. The zero-order valence-electron chi connectivity index (χ0n) is 19.4. The van der Waals surface area contributed by atoms with Crippen molar-refractivity contribution in [2.75, 3.05) is 26.2 Å². The van der Waals surface area contributed by atoms with E-state index in [2.05, 4.69) is 49.9 Å². The van der Waals surface area contributed by atoms with Crippen molar-refractivity contribution < 1.29 is 14.9 Å². The van der Waals surface area contributed by atoms with Gasteiger partial charge in [-0.2, -0.15) is 0 Å². The molecule has 1 radical (unpaired) electrons. The van der Waals surface area contributed by atoms with Crippen molar-refractivity contribution in [2.45, 2.75) is 84.3 Å². The monoisotopic (exact) mass is 402 g/mol. The number of aliphatic hydroxyl groups is 2. The number of aliphatic hydroxyl groups excluding tert-OH is 1. The zero-order valence-corrected chi connectivity index (χ0v) is 19.4. The maximum atomic E-state index is 11.0. The standard InChI is InChI=1S/C24H41BNO3/c1-22(2,3)13-14-24(6,28)23(4,5)29-25-21-9-7-19(8-10-21)20-11-15-26(16-12-20)17-18-27/h7-10,20,27-28H,11-18H2,1-6H3. The van der Waals surface area contributed by atoms with Gasteiger partial charge in [0.15, 0.2) is 0 Å². The molecule has 1 atom stereocenters. The molecule has 0 spiro atoms. The van der Waals surface area contributed by atoms with E-state index in [0.29, 0.717) is 12.3 Å². The smallest absolute Gasteiger partial charge is 0.330 e. The van der Waals surface area contributed by atoms with Crippen LogP contribution in [0.25, 0.3) is 0 Å². The molecule has 0 amide bonds. The van der Waals surface area contributed by atoms with Crippen molar-refractivity contribution in [1.82, 2.24) is 4.90 Å². The van der Waals surface area contributed by atoms with E-state index in [4.69, 9.17) is 9.76 Å². The summed E-state index contributed by atoms with van der Waals surface area (Å²) in [5.41, 5.74) is 1.01. The van der Waals surface area contributed by atoms with Gasteiger partial charge in [0, 0.05) is 6.54 Å². The number of nitrogens with zero attached hydrogens (tertiary/aromatic N) is 1. The molecular weight excluding hydrogens is 361 g/mol. The van der Waals surface area contributed by atoms with Gasteiger partial charge in [0.1, 0.15) is 0 Å². The molecule has 1 aromatic carbocycles. The maximum Gasteiger partial charge on any atom is 0.330 e. The fourth-order valence-electron chi connectivity index (χ4n) is 3.74. The minimum Gasteiger partial charge on any atom is -0.427 e. The van der Waals surface area contributed by atoms with Crippen molar-refractivity contribution in [1.29, 1.82) is 0 Å². The summed E-state index contributed by atoms with van der Waals surface area (Å²) < 4.78 is 6.07. The Balaban J connectivity index is 1.87. The van der Waals surface area contributed by atoms with Crippen LogP contribution in [0.5, 0.6) is 0 Å². The lowest BCUT2D eigenvalue weighted by molar-refractivity contribution is -0.111. The predicted molar refractivity (Wildman–Crippen MR) is 122 cm³/mol.